The molecule has 170 valence electrons. The fourth-order valence-electron chi connectivity index (χ4n) is 4.96. The van der Waals surface area contributed by atoms with Gasteiger partial charge in [-0.2, -0.15) is 0 Å². The van der Waals surface area contributed by atoms with Crippen LogP contribution in [0.3, 0.4) is 0 Å². The Kier molecular flexibility index (Phi) is 7.28. The van der Waals surface area contributed by atoms with Crippen molar-refractivity contribution < 1.29 is 9.59 Å². The number of piperidine rings is 1. The summed E-state index contributed by atoms with van der Waals surface area (Å²) in [6, 6.07) is 9.07. The van der Waals surface area contributed by atoms with E-state index in [1.807, 2.05) is 0 Å². The summed E-state index contributed by atoms with van der Waals surface area (Å²) in [5.74, 6) is 0.958. The summed E-state index contributed by atoms with van der Waals surface area (Å²) in [6.45, 7) is 9.51. The van der Waals surface area contributed by atoms with Crippen LogP contribution >= 0.6 is 0 Å². The average molecular weight is 427 g/mol. The number of carbonyl (C=O) groups is 2. The van der Waals surface area contributed by atoms with Crippen molar-refractivity contribution in [2.75, 3.05) is 45.8 Å². The van der Waals surface area contributed by atoms with E-state index >= 15 is 0 Å². The number of rotatable bonds is 7. The zero-order valence-corrected chi connectivity index (χ0v) is 19.2. The molecule has 2 aliphatic heterocycles. The summed E-state index contributed by atoms with van der Waals surface area (Å²) in [7, 11) is 0. The molecular weight excluding hydrogens is 388 g/mol. The van der Waals surface area contributed by atoms with Gasteiger partial charge in [0.1, 0.15) is 0 Å². The van der Waals surface area contributed by atoms with E-state index in [2.05, 4.69) is 58.1 Å². The van der Waals surface area contributed by atoms with E-state index in [0.29, 0.717) is 25.0 Å². The maximum Gasteiger partial charge on any atom is 0.236 e. The quantitative estimate of drug-likeness (QED) is 0.728. The van der Waals surface area contributed by atoms with Crippen LogP contribution in [-0.4, -0.2) is 78.4 Å². The van der Waals surface area contributed by atoms with Crippen molar-refractivity contribution in [3.8, 4) is 0 Å². The zero-order chi connectivity index (χ0) is 21.8. The largest absolute Gasteiger partial charge is 0.348 e. The van der Waals surface area contributed by atoms with Crippen molar-refractivity contribution in [2.45, 2.75) is 58.0 Å². The molecule has 1 aromatic carbocycles. The van der Waals surface area contributed by atoms with Crippen LogP contribution in [0.2, 0.25) is 0 Å². The molecule has 3 fully saturated rings. The first kappa shape index (κ1) is 22.3. The van der Waals surface area contributed by atoms with Gasteiger partial charge < -0.3 is 10.2 Å². The smallest absolute Gasteiger partial charge is 0.236 e. The Bertz CT molecular complexity index is 753. The van der Waals surface area contributed by atoms with Gasteiger partial charge in [0.05, 0.1) is 19.1 Å². The molecule has 2 unspecified atom stereocenters. The molecular formula is C25H38N4O2. The Morgan fingerprint density at radius 2 is 1.58 bits per heavy atom. The minimum Gasteiger partial charge on any atom is -0.348 e. The number of nitrogens with zero attached hydrogens (tertiary/aromatic N) is 3. The second-order valence-electron chi connectivity index (χ2n) is 9.78. The second-order valence-corrected chi connectivity index (χ2v) is 9.78. The van der Waals surface area contributed by atoms with Crippen LogP contribution in [-0.2, 0) is 9.59 Å². The lowest BCUT2D eigenvalue weighted by Crippen LogP contribution is -2.53. The lowest BCUT2D eigenvalue weighted by Gasteiger charge is -2.38. The highest BCUT2D eigenvalue weighted by atomic mass is 16.2. The highest BCUT2D eigenvalue weighted by Crippen LogP contribution is 2.41. The lowest BCUT2D eigenvalue weighted by molar-refractivity contribution is -0.136. The van der Waals surface area contributed by atoms with Gasteiger partial charge in [0.15, 0.2) is 0 Å². The van der Waals surface area contributed by atoms with Gasteiger partial charge in [0, 0.05) is 38.8 Å². The Labute approximate surface area is 187 Å². The van der Waals surface area contributed by atoms with Crippen LogP contribution in [0, 0.1) is 12.8 Å². The highest BCUT2D eigenvalue weighted by Gasteiger charge is 2.34. The molecule has 0 bridgehead atoms. The van der Waals surface area contributed by atoms with Crippen LogP contribution < -0.4 is 5.32 Å². The number of nitrogens with one attached hydrogen (secondary N) is 1. The molecule has 1 saturated carbocycles. The Morgan fingerprint density at radius 3 is 2.19 bits per heavy atom. The monoisotopic (exact) mass is 426 g/mol. The minimum atomic E-state index is 0.115. The summed E-state index contributed by atoms with van der Waals surface area (Å²) < 4.78 is 0. The topological polar surface area (TPSA) is 55.9 Å². The summed E-state index contributed by atoms with van der Waals surface area (Å²) in [5.41, 5.74) is 2.47. The van der Waals surface area contributed by atoms with E-state index in [4.69, 9.17) is 0 Å². The van der Waals surface area contributed by atoms with Gasteiger partial charge in [0.2, 0.25) is 11.8 Å². The molecule has 6 heteroatoms. The third kappa shape index (κ3) is 6.07. The summed E-state index contributed by atoms with van der Waals surface area (Å²) >= 11 is 0. The predicted octanol–water partition coefficient (Wildman–Crippen LogP) is 2.58. The Hall–Kier alpha value is -1.92. The van der Waals surface area contributed by atoms with Crippen LogP contribution in [0.25, 0.3) is 0 Å². The molecule has 1 aromatic rings. The van der Waals surface area contributed by atoms with Crippen molar-refractivity contribution in [2.24, 2.45) is 5.92 Å². The molecule has 2 heterocycles. The first-order chi connectivity index (χ1) is 15.0. The standard InChI is InChI=1S/C25H38N4O2/c1-19-6-8-21(9-7-19)25(22-10-11-22)26-23(30)17-27-13-15-28(16-14-27)18-24(31)29-12-4-3-5-20(29)2/h6-9,20,22,25H,3-5,10-18H2,1-2H3,(H,26,30). The molecule has 0 aromatic heterocycles. The summed E-state index contributed by atoms with van der Waals surface area (Å²) in [5, 5.41) is 3.30. The van der Waals surface area contributed by atoms with Gasteiger partial charge in [-0.1, -0.05) is 29.8 Å². The zero-order valence-electron chi connectivity index (χ0n) is 19.2. The Morgan fingerprint density at radius 1 is 0.935 bits per heavy atom. The second kappa shape index (κ2) is 10.1. The highest BCUT2D eigenvalue weighted by molar-refractivity contribution is 5.79. The fraction of sp³-hybridized carbons (Fsp3) is 0.680. The number of likely N-dealkylation sites (tertiary alicyclic amines) is 1. The summed E-state index contributed by atoms with van der Waals surface area (Å²) in [6.07, 6.45) is 5.88. The molecule has 2 saturated heterocycles. The van der Waals surface area contributed by atoms with Crippen LogP contribution in [0.1, 0.15) is 56.2 Å². The van der Waals surface area contributed by atoms with Gasteiger partial charge in [-0.25, -0.2) is 0 Å². The van der Waals surface area contributed by atoms with Gasteiger partial charge >= 0.3 is 0 Å². The van der Waals surface area contributed by atoms with Crippen molar-refractivity contribution in [1.82, 2.24) is 20.0 Å². The number of aryl methyl sites for hydroxylation is 1. The van der Waals surface area contributed by atoms with Crippen molar-refractivity contribution in [3.63, 3.8) is 0 Å². The molecule has 31 heavy (non-hydrogen) atoms. The van der Waals surface area contributed by atoms with Crippen LogP contribution in [0.5, 0.6) is 0 Å². The minimum absolute atomic E-state index is 0.115. The Balaban J connectivity index is 1.21. The average Bonchev–Trinajstić information content (AvgIpc) is 3.60. The van der Waals surface area contributed by atoms with E-state index in [-0.39, 0.29) is 17.9 Å². The van der Waals surface area contributed by atoms with Gasteiger partial charge in [0.25, 0.3) is 0 Å². The van der Waals surface area contributed by atoms with Gasteiger partial charge in [-0.3, -0.25) is 19.4 Å². The van der Waals surface area contributed by atoms with E-state index in [0.717, 1.165) is 45.6 Å². The number of amides is 2. The van der Waals surface area contributed by atoms with Crippen LogP contribution in [0.4, 0.5) is 0 Å². The lowest BCUT2D eigenvalue weighted by atomic mass is 10.0. The molecule has 0 radical (unpaired) electrons. The molecule has 0 spiro atoms. The fourth-order valence-corrected chi connectivity index (χ4v) is 4.96. The van der Waals surface area contributed by atoms with E-state index in [1.165, 1.54) is 30.4 Å². The number of hydrogen-bond acceptors (Lipinski definition) is 4. The van der Waals surface area contributed by atoms with Crippen molar-refractivity contribution in [1.29, 1.82) is 0 Å². The molecule has 3 aliphatic rings. The number of piperazine rings is 1. The third-order valence-electron chi connectivity index (χ3n) is 7.16. The number of benzene rings is 1. The van der Waals surface area contributed by atoms with E-state index in [9.17, 15) is 9.59 Å². The van der Waals surface area contributed by atoms with Crippen molar-refractivity contribution >= 4 is 11.8 Å². The third-order valence-corrected chi connectivity index (χ3v) is 7.16. The number of hydrogen-bond donors (Lipinski definition) is 1. The SMILES string of the molecule is Cc1ccc(C(NC(=O)CN2CCN(CC(=O)N3CCCCC3C)CC2)C2CC2)cc1. The maximum atomic E-state index is 12.8. The predicted molar refractivity (Wildman–Crippen MR) is 123 cm³/mol. The normalized spacial score (nSPS) is 24.1. The summed E-state index contributed by atoms with van der Waals surface area (Å²) in [4.78, 5) is 32.0. The van der Waals surface area contributed by atoms with Gasteiger partial charge in [-0.05, 0) is 57.4 Å². The maximum absolute atomic E-state index is 12.8. The molecule has 2 amide bonds. The first-order valence-corrected chi connectivity index (χ1v) is 12.1. The van der Waals surface area contributed by atoms with Crippen molar-refractivity contribution in [3.05, 3.63) is 35.4 Å². The van der Waals surface area contributed by atoms with Crippen LogP contribution in [0.15, 0.2) is 24.3 Å². The number of carbonyl (C=O) groups excluding carboxylic acids is 2. The van der Waals surface area contributed by atoms with E-state index < -0.39 is 0 Å². The molecule has 1 aliphatic carbocycles. The molecule has 1 N–H and O–H groups in total. The molecule has 2 atom stereocenters. The molecule has 4 rings (SSSR count). The molecule has 6 nitrogen and oxygen atoms in total. The first-order valence-electron chi connectivity index (χ1n) is 12.1. The van der Waals surface area contributed by atoms with Gasteiger partial charge in [-0.15, -0.1) is 0 Å². The van der Waals surface area contributed by atoms with E-state index in [1.54, 1.807) is 0 Å².